The molecule has 1 fully saturated rings. The summed E-state index contributed by atoms with van der Waals surface area (Å²) in [4.78, 5) is 20.8. The van der Waals surface area contributed by atoms with Crippen molar-refractivity contribution in [2.45, 2.75) is 27.7 Å². The molecular weight excluding hydrogens is 334 g/mol. The highest BCUT2D eigenvalue weighted by atomic mass is 16.2. The fraction of sp³-hybridized carbons (Fsp3) is 0.348. The van der Waals surface area contributed by atoms with Gasteiger partial charge in [0, 0.05) is 42.8 Å². The van der Waals surface area contributed by atoms with Crippen molar-refractivity contribution in [3.05, 3.63) is 64.3 Å². The number of carbonyl (C=O) groups is 1. The quantitative estimate of drug-likeness (QED) is 0.736. The summed E-state index contributed by atoms with van der Waals surface area (Å²) >= 11 is 0. The Morgan fingerprint density at radius 2 is 1.67 bits per heavy atom. The second-order valence-electron chi connectivity index (χ2n) is 7.67. The molecular formula is C23H27N3O. The van der Waals surface area contributed by atoms with Crippen molar-refractivity contribution in [1.29, 1.82) is 0 Å². The number of nitrogens with zero attached hydrogens (tertiary/aromatic N) is 2. The van der Waals surface area contributed by atoms with E-state index in [2.05, 4.69) is 67.1 Å². The highest BCUT2D eigenvalue weighted by Crippen LogP contribution is 2.26. The molecule has 1 aliphatic rings. The minimum atomic E-state index is 0.113. The summed E-state index contributed by atoms with van der Waals surface area (Å²) in [5.74, 6) is 0.113. The zero-order chi connectivity index (χ0) is 19.1. The number of carbonyl (C=O) groups excluding carboxylic acids is 1. The largest absolute Gasteiger partial charge is 0.368 e. The second kappa shape index (κ2) is 6.76. The van der Waals surface area contributed by atoms with Crippen LogP contribution in [0.3, 0.4) is 0 Å². The number of fused-ring (bicyclic) bond motifs is 1. The molecule has 0 saturated carbocycles. The molecule has 1 amide bonds. The van der Waals surface area contributed by atoms with Gasteiger partial charge in [0.15, 0.2) is 0 Å². The summed E-state index contributed by atoms with van der Waals surface area (Å²) in [5.41, 5.74) is 7.97. The average molecular weight is 361 g/mol. The van der Waals surface area contributed by atoms with Gasteiger partial charge in [-0.2, -0.15) is 0 Å². The zero-order valence-electron chi connectivity index (χ0n) is 16.6. The lowest BCUT2D eigenvalue weighted by Gasteiger charge is -2.37. The summed E-state index contributed by atoms with van der Waals surface area (Å²) in [6.07, 6.45) is 0. The zero-order valence-corrected chi connectivity index (χ0v) is 16.6. The third-order valence-corrected chi connectivity index (χ3v) is 5.91. The van der Waals surface area contributed by atoms with Gasteiger partial charge in [-0.1, -0.05) is 23.8 Å². The monoisotopic (exact) mass is 361 g/mol. The first kappa shape index (κ1) is 17.7. The van der Waals surface area contributed by atoms with Crippen LogP contribution in [0.1, 0.15) is 32.7 Å². The molecule has 0 unspecified atom stereocenters. The van der Waals surface area contributed by atoms with Crippen LogP contribution in [0.15, 0.2) is 36.4 Å². The molecule has 4 rings (SSSR count). The molecule has 0 aliphatic carbocycles. The van der Waals surface area contributed by atoms with Gasteiger partial charge in [0.2, 0.25) is 0 Å². The fourth-order valence-corrected chi connectivity index (χ4v) is 4.04. The van der Waals surface area contributed by atoms with E-state index in [4.69, 9.17) is 0 Å². The number of aryl methyl sites for hydroxylation is 3. The summed E-state index contributed by atoms with van der Waals surface area (Å²) in [7, 11) is 0. The Morgan fingerprint density at radius 1 is 0.926 bits per heavy atom. The summed E-state index contributed by atoms with van der Waals surface area (Å²) in [6.45, 7) is 11.7. The van der Waals surface area contributed by atoms with E-state index in [1.165, 1.54) is 22.4 Å². The van der Waals surface area contributed by atoms with Gasteiger partial charge in [0.05, 0.1) is 0 Å². The lowest BCUT2D eigenvalue weighted by atomic mass is 10.1. The van der Waals surface area contributed by atoms with E-state index in [1.807, 2.05) is 11.8 Å². The van der Waals surface area contributed by atoms with Crippen LogP contribution >= 0.6 is 0 Å². The maximum atomic E-state index is 13.1. The summed E-state index contributed by atoms with van der Waals surface area (Å²) < 4.78 is 0. The Bertz CT molecular complexity index is 1010. The predicted octanol–water partition coefficient (Wildman–Crippen LogP) is 4.36. The van der Waals surface area contributed by atoms with Crippen LogP contribution in [0.25, 0.3) is 10.9 Å². The number of anilines is 1. The van der Waals surface area contributed by atoms with Gasteiger partial charge < -0.3 is 14.8 Å². The smallest absolute Gasteiger partial charge is 0.270 e. The van der Waals surface area contributed by atoms with Crippen LogP contribution in [0.2, 0.25) is 0 Å². The van der Waals surface area contributed by atoms with Crippen molar-refractivity contribution in [2.24, 2.45) is 0 Å². The first-order valence-electron chi connectivity index (χ1n) is 9.65. The predicted molar refractivity (Wildman–Crippen MR) is 112 cm³/mol. The number of amides is 1. The second-order valence-corrected chi connectivity index (χ2v) is 7.67. The van der Waals surface area contributed by atoms with Gasteiger partial charge >= 0.3 is 0 Å². The Kier molecular flexibility index (Phi) is 4.42. The van der Waals surface area contributed by atoms with Crippen molar-refractivity contribution in [3.63, 3.8) is 0 Å². The first-order valence-corrected chi connectivity index (χ1v) is 9.65. The topological polar surface area (TPSA) is 39.3 Å². The number of rotatable bonds is 2. The molecule has 1 saturated heterocycles. The van der Waals surface area contributed by atoms with Crippen LogP contribution in [-0.2, 0) is 0 Å². The van der Waals surface area contributed by atoms with E-state index < -0.39 is 0 Å². The van der Waals surface area contributed by atoms with E-state index in [9.17, 15) is 4.79 Å². The molecule has 2 heterocycles. The van der Waals surface area contributed by atoms with E-state index in [1.54, 1.807) is 0 Å². The molecule has 0 bridgehead atoms. The molecule has 0 atom stereocenters. The van der Waals surface area contributed by atoms with Crippen LogP contribution < -0.4 is 4.90 Å². The Balaban J connectivity index is 1.52. The lowest BCUT2D eigenvalue weighted by molar-refractivity contribution is 0.0741. The maximum absolute atomic E-state index is 13.1. The fourth-order valence-electron chi connectivity index (χ4n) is 4.04. The van der Waals surface area contributed by atoms with Crippen LogP contribution in [0.5, 0.6) is 0 Å². The van der Waals surface area contributed by atoms with Crippen molar-refractivity contribution >= 4 is 22.5 Å². The molecule has 4 nitrogen and oxygen atoms in total. The van der Waals surface area contributed by atoms with Gasteiger partial charge in [0.1, 0.15) is 5.69 Å². The summed E-state index contributed by atoms with van der Waals surface area (Å²) in [5, 5.41) is 1.15. The van der Waals surface area contributed by atoms with E-state index in [0.717, 1.165) is 48.3 Å². The van der Waals surface area contributed by atoms with Crippen LogP contribution in [0.4, 0.5) is 5.69 Å². The Morgan fingerprint density at radius 3 is 2.41 bits per heavy atom. The third-order valence-electron chi connectivity index (χ3n) is 5.91. The number of hydrogen-bond donors (Lipinski definition) is 1. The Labute approximate surface area is 160 Å². The van der Waals surface area contributed by atoms with Crippen molar-refractivity contribution < 1.29 is 4.79 Å². The van der Waals surface area contributed by atoms with Gasteiger partial charge in [-0.25, -0.2) is 0 Å². The highest BCUT2D eigenvalue weighted by Gasteiger charge is 2.25. The molecule has 1 N–H and O–H groups in total. The minimum absolute atomic E-state index is 0.113. The van der Waals surface area contributed by atoms with Gasteiger partial charge in [-0.3, -0.25) is 4.79 Å². The summed E-state index contributed by atoms with van der Waals surface area (Å²) in [6, 6.07) is 12.7. The SMILES string of the molecule is Cc1ccc2[nH]c(C(=O)N3CCN(c4cccc(C)c4C)CC3)c(C)c2c1. The standard InChI is InChI=1S/C23H27N3O/c1-15-8-9-20-19(14-15)18(4)22(24-20)23(27)26-12-10-25(11-13-26)21-7-5-6-16(2)17(21)3/h5-9,14,24H,10-13H2,1-4H3. The molecule has 140 valence electrons. The number of piperazine rings is 1. The molecule has 4 heteroatoms. The number of nitrogens with one attached hydrogen (secondary N) is 1. The van der Waals surface area contributed by atoms with Crippen molar-refractivity contribution in [2.75, 3.05) is 31.1 Å². The van der Waals surface area contributed by atoms with E-state index in [0.29, 0.717) is 0 Å². The van der Waals surface area contributed by atoms with Gasteiger partial charge in [-0.05, 0) is 62.6 Å². The average Bonchev–Trinajstić information content (AvgIpc) is 3.00. The van der Waals surface area contributed by atoms with E-state index in [-0.39, 0.29) is 5.91 Å². The number of H-pyrrole nitrogens is 1. The minimum Gasteiger partial charge on any atom is -0.368 e. The molecule has 27 heavy (non-hydrogen) atoms. The van der Waals surface area contributed by atoms with E-state index >= 15 is 0 Å². The van der Waals surface area contributed by atoms with Gasteiger partial charge in [0.25, 0.3) is 5.91 Å². The Hall–Kier alpha value is -2.75. The van der Waals surface area contributed by atoms with Crippen molar-refractivity contribution in [1.82, 2.24) is 9.88 Å². The molecule has 1 aliphatic heterocycles. The van der Waals surface area contributed by atoms with Crippen LogP contribution in [0, 0.1) is 27.7 Å². The molecule has 3 aromatic rings. The molecule has 0 radical (unpaired) electrons. The number of benzene rings is 2. The number of aromatic amines is 1. The van der Waals surface area contributed by atoms with Gasteiger partial charge in [-0.15, -0.1) is 0 Å². The number of aromatic nitrogens is 1. The first-order chi connectivity index (χ1) is 13.0. The molecule has 0 spiro atoms. The molecule has 2 aromatic carbocycles. The van der Waals surface area contributed by atoms with Crippen LogP contribution in [-0.4, -0.2) is 42.0 Å². The van der Waals surface area contributed by atoms with Crippen molar-refractivity contribution in [3.8, 4) is 0 Å². The lowest BCUT2D eigenvalue weighted by Crippen LogP contribution is -2.49. The number of hydrogen-bond acceptors (Lipinski definition) is 2. The molecule has 1 aromatic heterocycles. The maximum Gasteiger partial charge on any atom is 0.270 e. The normalized spacial score (nSPS) is 14.8. The highest BCUT2D eigenvalue weighted by molar-refractivity contribution is 6.01. The third kappa shape index (κ3) is 3.09.